The van der Waals surface area contributed by atoms with Crippen LogP contribution in [0.25, 0.3) is 0 Å². The first-order chi connectivity index (χ1) is 12.0. The molecule has 160 valence electrons. The van der Waals surface area contributed by atoms with Gasteiger partial charge in [0.15, 0.2) is 4.58 Å². The Hall–Kier alpha value is -1.31. The fourth-order valence-corrected chi connectivity index (χ4v) is 5.39. The van der Waals surface area contributed by atoms with Crippen LogP contribution in [-0.2, 0) is 29.2 Å². The van der Waals surface area contributed by atoms with E-state index >= 15 is 0 Å². The second kappa shape index (κ2) is 9.26. The highest BCUT2D eigenvalue weighted by molar-refractivity contribution is 8.09. The Morgan fingerprint density at radius 2 is 1.44 bits per heavy atom. The number of carbonyl (C=O) groups is 1. The lowest BCUT2D eigenvalue weighted by Gasteiger charge is -2.23. The van der Waals surface area contributed by atoms with Gasteiger partial charge in [0, 0.05) is 6.42 Å². The number of halogens is 6. The van der Waals surface area contributed by atoms with Crippen LogP contribution in [0.3, 0.4) is 0 Å². The van der Waals surface area contributed by atoms with Crippen molar-refractivity contribution in [2.45, 2.75) is 60.7 Å². The third-order valence-electron chi connectivity index (χ3n) is 3.37. The highest BCUT2D eigenvalue weighted by Crippen LogP contribution is 2.38. The Labute approximate surface area is 152 Å². The first-order valence-electron chi connectivity index (χ1n) is 7.43. The maximum absolute atomic E-state index is 12.6. The lowest BCUT2D eigenvalue weighted by molar-refractivity contribution is -0.149. The second-order valence-corrected chi connectivity index (χ2v) is 9.88. The molecule has 0 heterocycles. The average molecular weight is 448 g/mol. The van der Waals surface area contributed by atoms with Crippen LogP contribution in [-0.4, -0.2) is 44.5 Å². The van der Waals surface area contributed by atoms with Crippen LogP contribution in [0.15, 0.2) is 12.7 Å². The molecule has 0 aromatic heterocycles. The van der Waals surface area contributed by atoms with Gasteiger partial charge in [-0.2, -0.15) is 26.3 Å². The van der Waals surface area contributed by atoms with Crippen molar-refractivity contribution in [2.75, 3.05) is 0 Å². The summed E-state index contributed by atoms with van der Waals surface area (Å²) in [6.45, 7) is 4.71. The van der Waals surface area contributed by atoms with Crippen LogP contribution >= 0.6 is 0 Å². The zero-order valence-corrected chi connectivity index (χ0v) is 15.6. The molecule has 0 N–H and O–H groups in total. The van der Waals surface area contributed by atoms with Gasteiger partial charge in [0.05, 0.1) is 0 Å². The predicted octanol–water partition coefficient (Wildman–Crippen LogP) is 3.25. The monoisotopic (exact) mass is 448 g/mol. The SMILES string of the molecule is C=CCCC(=O)OC(CC)CCC(S(=O)(=O)C(F)(F)F)S(=O)(=O)C(F)(F)F. The van der Waals surface area contributed by atoms with Crippen LogP contribution in [0.4, 0.5) is 26.3 Å². The van der Waals surface area contributed by atoms with Gasteiger partial charge in [-0.25, -0.2) is 16.8 Å². The fourth-order valence-electron chi connectivity index (χ4n) is 1.91. The Kier molecular flexibility index (Phi) is 8.81. The molecule has 1 unspecified atom stereocenters. The predicted molar refractivity (Wildman–Crippen MR) is 82.6 cm³/mol. The minimum absolute atomic E-state index is 0.0787. The summed E-state index contributed by atoms with van der Waals surface area (Å²) in [7, 11) is -13.4. The molecule has 0 rings (SSSR count). The van der Waals surface area contributed by atoms with Crippen molar-refractivity contribution in [1.29, 1.82) is 0 Å². The van der Waals surface area contributed by atoms with Gasteiger partial charge in [-0.15, -0.1) is 6.58 Å². The highest BCUT2D eigenvalue weighted by Gasteiger charge is 2.62. The average Bonchev–Trinajstić information content (AvgIpc) is 2.49. The molecule has 0 radical (unpaired) electrons. The van der Waals surface area contributed by atoms with Crippen molar-refractivity contribution in [3.63, 3.8) is 0 Å². The number of hydrogen-bond acceptors (Lipinski definition) is 6. The van der Waals surface area contributed by atoms with Gasteiger partial charge in [-0.1, -0.05) is 13.0 Å². The summed E-state index contributed by atoms with van der Waals surface area (Å²) < 4.78 is 122. The Morgan fingerprint density at radius 3 is 1.78 bits per heavy atom. The molecular weight excluding hydrogens is 430 g/mol. The third-order valence-corrected chi connectivity index (χ3v) is 8.03. The molecule has 0 aliphatic rings. The number of carbonyl (C=O) groups excluding carboxylic acids is 1. The Bertz CT molecular complexity index is 679. The van der Waals surface area contributed by atoms with E-state index in [-0.39, 0.29) is 19.3 Å². The minimum Gasteiger partial charge on any atom is -0.462 e. The van der Waals surface area contributed by atoms with Crippen molar-refractivity contribution in [2.24, 2.45) is 0 Å². The van der Waals surface area contributed by atoms with Gasteiger partial charge in [0.1, 0.15) is 6.10 Å². The molecule has 0 saturated carbocycles. The molecule has 0 spiro atoms. The first-order valence-corrected chi connectivity index (χ1v) is 10.5. The van der Waals surface area contributed by atoms with Crippen LogP contribution in [0.1, 0.15) is 39.0 Å². The maximum atomic E-state index is 12.6. The molecule has 0 fully saturated rings. The Morgan fingerprint density at radius 1 is 1.00 bits per heavy atom. The van der Waals surface area contributed by atoms with Crippen molar-refractivity contribution in [3.05, 3.63) is 12.7 Å². The van der Waals surface area contributed by atoms with E-state index in [2.05, 4.69) is 6.58 Å². The molecule has 6 nitrogen and oxygen atoms in total. The van der Waals surface area contributed by atoms with Crippen molar-refractivity contribution in [1.82, 2.24) is 0 Å². The number of alkyl halides is 6. The smallest absolute Gasteiger partial charge is 0.462 e. The third kappa shape index (κ3) is 6.66. The summed E-state index contributed by atoms with van der Waals surface area (Å²) in [6.07, 6.45) is -2.30. The molecule has 14 heteroatoms. The van der Waals surface area contributed by atoms with Gasteiger partial charge in [0.2, 0.25) is 0 Å². The number of hydrogen-bond donors (Lipinski definition) is 0. The van der Waals surface area contributed by atoms with E-state index in [9.17, 15) is 48.0 Å². The number of allylic oxidation sites excluding steroid dienone is 1. The zero-order chi connectivity index (χ0) is 21.7. The number of rotatable bonds is 10. The molecule has 0 aromatic carbocycles. The molecule has 1 atom stereocenters. The first kappa shape index (κ1) is 25.7. The van der Waals surface area contributed by atoms with Gasteiger partial charge >= 0.3 is 17.0 Å². The molecule has 0 amide bonds. The van der Waals surface area contributed by atoms with Crippen LogP contribution in [0, 0.1) is 0 Å². The number of esters is 1. The van der Waals surface area contributed by atoms with Gasteiger partial charge in [-0.3, -0.25) is 4.79 Å². The molecule has 0 bridgehead atoms. The van der Waals surface area contributed by atoms with E-state index < -0.39 is 60.2 Å². The molecular formula is C13H18F6O6S2. The molecule has 27 heavy (non-hydrogen) atoms. The molecule has 0 saturated heterocycles. The van der Waals surface area contributed by atoms with Crippen molar-refractivity contribution < 1.29 is 52.7 Å². The summed E-state index contributed by atoms with van der Waals surface area (Å²) in [5.41, 5.74) is -12.4. The standard InChI is InChI=1S/C13H18F6O6S2/c1-3-5-6-10(20)25-9(4-2)7-8-11(26(21,22)12(14,15)16)27(23,24)13(17,18)19/h3,9,11H,1,4-8H2,2H3. The van der Waals surface area contributed by atoms with Crippen LogP contribution in [0.2, 0.25) is 0 Å². The van der Waals surface area contributed by atoms with Crippen LogP contribution < -0.4 is 0 Å². The highest BCUT2D eigenvalue weighted by atomic mass is 32.3. The van der Waals surface area contributed by atoms with E-state index in [1.165, 1.54) is 13.0 Å². The summed E-state index contributed by atoms with van der Waals surface area (Å²) in [4.78, 5) is 11.5. The minimum atomic E-state index is -6.69. The van der Waals surface area contributed by atoms with Crippen molar-refractivity contribution >= 4 is 25.6 Å². The lowest BCUT2D eigenvalue weighted by atomic mass is 10.1. The number of sulfone groups is 2. The van der Waals surface area contributed by atoms with Gasteiger partial charge in [0.25, 0.3) is 19.7 Å². The molecule has 0 aromatic rings. The number of ether oxygens (including phenoxy) is 1. The molecule has 0 aliphatic heterocycles. The second-order valence-electron chi connectivity index (χ2n) is 5.34. The van der Waals surface area contributed by atoms with Gasteiger partial charge < -0.3 is 4.74 Å². The van der Waals surface area contributed by atoms with E-state index in [1.54, 1.807) is 0 Å². The fraction of sp³-hybridized carbons (Fsp3) is 0.769. The summed E-state index contributed by atoms with van der Waals surface area (Å²) in [5.74, 6) is -0.837. The topological polar surface area (TPSA) is 94.6 Å². The quantitative estimate of drug-likeness (QED) is 0.289. The van der Waals surface area contributed by atoms with E-state index in [4.69, 9.17) is 4.74 Å². The largest absolute Gasteiger partial charge is 0.498 e. The van der Waals surface area contributed by atoms with E-state index in [1.807, 2.05) is 0 Å². The normalized spacial score (nSPS) is 14.8. The summed E-state index contributed by atoms with van der Waals surface area (Å²) in [6, 6.07) is 0. The van der Waals surface area contributed by atoms with E-state index in [0.717, 1.165) is 0 Å². The van der Waals surface area contributed by atoms with E-state index in [0.29, 0.717) is 0 Å². The molecule has 0 aliphatic carbocycles. The summed E-state index contributed by atoms with van der Waals surface area (Å²) >= 11 is 0. The maximum Gasteiger partial charge on any atom is 0.498 e. The zero-order valence-electron chi connectivity index (χ0n) is 14.0. The van der Waals surface area contributed by atoms with Gasteiger partial charge in [-0.05, 0) is 25.7 Å². The van der Waals surface area contributed by atoms with Crippen LogP contribution in [0.5, 0.6) is 0 Å². The lowest BCUT2D eigenvalue weighted by Crippen LogP contribution is -2.45. The van der Waals surface area contributed by atoms with Crippen molar-refractivity contribution in [3.8, 4) is 0 Å². The summed E-state index contributed by atoms with van der Waals surface area (Å²) in [5, 5.41) is 0. The Balaban J connectivity index is 5.63.